The summed E-state index contributed by atoms with van der Waals surface area (Å²) in [7, 11) is 3.38. The number of para-hydroxylation sites is 1. The van der Waals surface area contributed by atoms with Crippen molar-refractivity contribution in [2.24, 2.45) is 0 Å². The van der Waals surface area contributed by atoms with Crippen LogP contribution in [0, 0.1) is 0 Å². The molecule has 31 heavy (non-hydrogen) atoms. The summed E-state index contributed by atoms with van der Waals surface area (Å²) < 4.78 is 5.35. The summed E-state index contributed by atoms with van der Waals surface area (Å²) in [6.07, 6.45) is 0. The molecule has 0 bridgehead atoms. The van der Waals surface area contributed by atoms with Crippen LogP contribution in [0.1, 0.15) is 15.9 Å². The predicted octanol–water partition coefficient (Wildman–Crippen LogP) is 2.32. The molecule has 0 atom stereocenters. The molecular weight excluding hydrogens is 392 g/mol. The quantitative estimate of drug-likeness (QED) is 0.550. The Labute approximate surface area is 180 Å². The molecule has 1 amide bonds. The van der Waals surface area contributed by atoms with Gasteiger partial charge in [0.2, 0.25) is 5.91 Å². The van der Waals surface area contributed by atoms with Crippen LogP contribution in [0.25, 0.3) is 22.0 Å². The molecule has 3 aromatic rings. The minimum atomic E-state index is 0.00610. The van der Waals surface area contributed by atoms with Crippen LogP contribution < -0.4 is 15.0 Å². The third kappa shape index (κ3) is 3.13. The lowest BCUT2D eigenvalue weighted by Crippen LogP contribution is -2.51. The van der Waals surface area contributed by atoms with Crippen LogP contribution in [0.3, 0.4) is 0 Å². The van der Waals surface area contributed by atoms with Crippen molar-refractivity contribution >= 4 is 28.4 Å². The molecular formula is C24H24N4O3. The van der Waals surface area contributed by atoms with Crippen molar-refractivity contribution in [2.75, 3.05) is 51.8 Å². The van der Waals surface area contributed by atoms with Crippen molar-refractivity contribution in [2.45, 2.75) is 0 Å². The van der Waals surface area contributed by atoms with Crippen molar-refractivity contribution in [3.05, 3.63) is 53.6 Å². The number of carbonyl (C=O) groups is 2. The number of hydrogen-bond donors (Lipinski definition) is 1. The Morgan fingerprint density at radius 2 is 1.84 bits per heavy atom. The SMILES string of the molecule is CNCC(=O)N1CCN(c2nc3ccccc3c3c2-c2ccc(OC)cc2C3=O)CC1. The highest BCUT2D eigenvalue weighted by molar-refractivity contribution is 6.28. The van der Waals surface area contributed by atoms with Crippen LogP contribution in [0.15, 0.2) is 42.5 Å². The highest BCUT2D eigenvalue weighted by atomic mass is 16.5. The summed E-state index contributed by atoms with van der Waals surface area (Å²) in [5, 5.41) is 3.79. The summed E-state index contributed by atoms with van der Waals surface area (Å²) in [5.74, 6) is 1.58. The highest BCUT2D eigenvalue weighted by Gasteiger charge is 2.35. The molecule has 1 aliphatic heterocycles. The Morgan fingerprint density at radius 1 is 1.06 bits per heavy atom. The predicted molar refractivity (Wildman–Crippen MR) is 120 cm³/mol. The Morgan fingerprint density at radius 3 is 2.58 bits per heavy atom. The van der Waals surface area contributed by atoms with Crippen LogP contribution in [0.2, 0.25) is 0 Å². The van der Waals surface area contributed by atoms with E-state index in [0.29, 0.717) is 49.6 Å². The normalized spacial score (nSPS) is 15.2. The van der Waals surface area contributed by atoms with Crippen molar-refractivity contribution in [1.29, 1.82) is 0 Å². The summed E-state index contributed by atoms with van der Waals surface area (Å²) in [6, 6.07) is 13.4. The van der Waals surface area contributed by atoms with E-state index in [1.807, 2.05) is 47.4 Å². The number of pyridine rings is 1. The van der Waals surface area contributed by atoms with Gasteiger partial charge in [-0.25, -0.2) is 4.98 Å². The number of benzene rings is 2. The number of aromatic nitrogens is 1. The molecule has 158 valence electrons. The molecule has 0 radical (unpaired) electrons. The molecule has 0 spiro atoms. The maximum atomic E-state index is 13.5. The van der Waals surface area contributed by atoms with Gasteiger partial charge in [0.25, 0.3) is 0 Å². The molecule has 0 saturated carbocycles. The molecule has 2 heterocycles. The van der Waals surface area contributed by atoms with Crippen molar-refractivity contribution in [1.82, 2.24) is 15.2 Å². The first-order chi connectivity index (χ1) is 15.1. The van der Waals surface area contributed by atoms with Crippen LogP contribution in [0.4, 0.5) is 5.82 Å². The van der Waals surface area contributed by atoms with Crippen molar-refractivity contribution < 1.29 is 14.3 Å². The van der Waals surface area contributed by atoms with E-state index in [2.05, 4.69) is 10.2 Å². The van der Waals surface area contributed by atoms with Crippen LogP contribution in [0.5, 0.6) is 5.75 Å². The lowest BCUT2D eigenvalue weighted by molar-refractivity contribution is -0.130. The van der Waals surface area contributed by atoms with E-state index in [-0.39, 0.29) is 11.7 Å². The second-order valence-electron chi connectivity index (χ2n) is 7.84. The molecule has 0 unspecified atom stereocenters. The van der Waals surface area contributed by atoms with Gasteiger partial charge >= 0.3 is 0 Å². The number of likely N-dealkylation sites (N-methyl/N-ethyl adjacent to an activating group) is 1. The van der Waals surface area contributed by atoms with Gasteiger partial charge in [-0.3, -0.25) is 9.59 Å². The largest absolute Gasteiger partial charge is 0.497 e. The van der Waals surface area contributed by atoms with Gasteiger partial charge in [0.1, 0.15) is 11.6 Å². The van der Waals surface area contributed by atoms with E-state index in [9.17, 15) is 9.59 Å². The zero-order chi connectivity index (χ0) is 21.5. The molecule has 1 aromatic heterocycles. The van der Waals surface area contributed by atoms with E-state index in [1.54, 1.807) is 14.2 Å². The Hall–Kier alpha value is -3.45. The molecule has 5 rings (SSSR count). The van der Waals surface area contributed by atoms with Crippen molar-refractivity contribution in [3.8, 4) is 16.9 Å². The molecule has 2 aliphatic rings. The molecule has 7 nitrogen and oxygen atoms in total. The van der Waals surface area contributed by atoms with Gasteiger partial charge in [0, 0.05) is 48.3 Å². The number of nitrogens with zero attached hydrogens (tertiary/aromatic N) is 3. The number of hydrogen-bond acceptors (Lipinski definition) is 6. The Balaban J connectivity index is 1.61. The van der Waals surface area contributed by atoms with E-state index < -0.39 is 0 Å². The fraction of sp³-hybridized carbons (Fsp3) is 0.292. The fourth-order valence-corrected chi connectivity index (χ4v) is 4.54. The Bertz CT molecular complexity index is 1200. The van der Waals surface area contributed by atoms with E-state index in [0.717, 1.165) is 27.8 Å². The van der Waals surface area contributed by atoms with E-state index in [1.165, 1.54) is 0 Å². The monoisotopic (exact) mass is 416 g/mol. The maximum absolute atomic E-state index is 13.5. The van der Waals surface area contributed by atoms with Crippen LogP contribution >= 0.6 is 0 Å². The van der Waals surface area contributed by atoms with Crippen LogP contribution in [-0.2, 0) is 4.79 Å². The standard InChI is InChI=1S/C24H24N4O3/c1-25-14-20(29)27-9-11-28(12-10-27)24-22-16-8-7-15(31-2)13-18(16)23(30)21(22)17-5-3-4-6-19(17)26-24/h3-8,13,25H,9-12,14H2,1-2H3. The third-order valence-electron chi connectivity index (χ3n) is 6.10. The molecule has 1 N–H and O–H groups in total. The van der Waals surface area contributed by atoms with Gasteiger partial charge in [0.05, 0.1) is 19.2 Å². The Kier molecular flexibility index (Phi) is 4.82. The van der Waals surface area contributed by atoms with Gasteiger partial charge in [-0.15, -0.1) is 0 Å². The van der Waals surface area contributed by atoms with Gasteiger partial charge in [0.15, 0.2) is 5.78 Å². The van der Waals surface area contributed by atoms with E-state index in [4.69, 9.17) is 9.72 Å². The molecule has 7 heteroatoms. The number of rotatable bonds is 4. The number of piperazine rings is 1. The number of methoxy groups -OCH3 is 1. The molecule has 1 fully saturated rings. The van der Waals surface area contributed by atoms with Gasteiger partial charge in [-0.2, -0.15) is 0 Å². The molecule has 1 saturated heterocycles. The fourth-order valence-electron chi connectivity index (χ4n) is 4.54. The number of anilines is 1. The summed E-state index contributed by atoms with van der Waals surface area (Å²) in [6.45, 7) is 2.95. The third-order valence-corrected chi connectivity index (χ3v) is 6.10. The summed E-state index contributed by atoms with van der Waals surface area (Å²) in [4.78, 5) is 34.7. The number of ether oxygens (including phenoxy) is 1. The molecule has 2 aromatic carbocycles. The summed E-state index contributed by atoms with van der Waals surface area (Å²) in [5.41, 5.74) is 3.94. The second kappa shape index (κ2) is 7.67. The number of ketones is 1. The maximum Gasteiger partial charge on any atom is 0.236 e. The van der Waals surface area contributed by atoms with Crippen molar-refractivity contribution in [3.63, 3.8) is 0 Å². The van der Waals surface area contributed by atoms with Gasteiger partial charge in [-0.1, -0.05) is 18.2 Å². The number of fused-ring (bicyclic) bond motifs is 5. The lowest BCUT2D eigenvalue weighted by Gasteiger charge is -2.36. The highest BCUT2D eigenvalue weighted by Crippen LogP contribution is 2.46. The zero-order valence-electron chi connectivity index (χ0n) is 17.6. The lowest BCUT2D eigenvalue weighted by atomic mass is 10.0. The van der Waals surface area contributed by atoms with Crippen LogP contribution in [-0.4, -0.2) is 68.5 Å². The first-order valence-electron chi connectivity index (χ1n) is 10.5. The number of nitrogens with one attached hydrogen (secondary N) is 1. The minimum Gasteiger partial charge on any atom is -0.497 e. The first-order valence-corrected chi connectivity index (χ1v) is 10.5. The minimum absolute atomic E-state index is 0.00610. The summed E-state index contributed by atoms with van der Waals surface area (Å²) >= 11 is 0. The number of amides is 1. The zero-order valence-corrected chi connectivity index (χ0v) is 17.6. The first kappa shape index (κ1) is 19.5. The second-order valence-corrected chi connectivity index (χ2v) is 7.84. The molecule has 1 aliphatic carbocycles. The van der Waals surface area contributed by atoms with Gasteiger partial charge < -0.3 is 19.9 Å². The van der Waals surface area contributed by atoms with E-state index >= 15 is 0 Å². The average molecular weight is 416 g/mol. The smallest absolute Gasteiger partial charge is 0.236 e. The van der Waals surface area contributed by atoms with Gasteiger partial charge in [-0.05, 0) is 36.9 Å². The topological polar surface area (TPSA) is 74.8 Å². The number of carbonyl (C=O) groups excluding carboxylic acids is 2. The average Bonchev–Trinajstić information content (AvgIpc) is 3.11.